The van der Waals surface area contributed by atoms with Crippen molar-refractivity contribution in [2.24, 2.45) is 0 Å². The molecule has 1 fully saturated rings. The van der Waals surface area contributed by atoms with Crippen LogP contribution in [0, 0.1) is 13.8 Å². The highest BCUT2D eigenvalue weighted by Crippen LogP contribution is 2.44. The van der Waals surface area contributed by atoms with E-state index in [1.54, 1.807) is 30.7 Å². The molecule has 1 atom stereocenters. The maximum atomic E-state index is 13.3. The van der Waals surface area contributed by atoms with Crippen molar-refractivity contribution in [3.63, 3.8) is 0 Å². The zero-order chi connectivity index (χ0) is 25.3. The number of imidazole rings is 1. The second-order valence-corrected chi connectivity index (χ2v) is 9.37. The van der Waals surface area contributed by atoms with E-state index in [0.717, 1.165) is 11.1 Å². The Bertz CT molecular complexity index is 1320. The first-order valence-corrected chi connectivity index (χ1v) is 11.9. The number of aromatic hydroxyl groups is 1. The van der Waals surface area contributed by atoms with Gasteiger partial charge in [-0.25, -0.2) is 4.98 Å². The molecular weight excluding hydrogens is 514 g/mol. The smallest absolute Gasteiger partial charge is 0.295 e. The molecule has 9 heteroatoms. The van der Waals surface area contributed by atoms with Gasteiger partial charge in [-0.1, -0.05) is 17.7 Å². The number of phenols is 1. The fraction of sp³-hybridized carbons (Fsp3) is 0.269. The van der Waals surface area contributed by atoms with Crippen LogP contribution in [0.15, 0.2) is 59.1 Å². The Hall–Kier alpha value is -3.59. The van der Waals surface area contributed by atoms with Gasteiger partial charge in [0.15, 0.2) is 11.5 Å². The minimum absolute atomic E-state index is 0.00553. The highest BCUT2D eigenvalue weighted by molar-refractivity contribution is 9.10. The van der Waals surface area contributed by atoms with E-state index in [9.17, 15) is 19.8 Å². The number of Topliss-reactive ketones (excluding diaryl/α,β-unsaturated/α-hetero) is 1. The Morgan fingerprint density at radius 3 is 2.63 bits per heavy atom. The number of nitrogens with zero attached hydrogens (tertiary/aromatic N) is 3. The summed E-state index contributed by atoms with van der Waals surface area (Å²) in [6, 6.07) is 7.93. The molecule has 0 saturated carbocycles. The van der Waals surface area contributed by atoms with Crippen molar-refractivity contribution >= 4 is 33.4 Å². The molecule has 2 heterocycles. The Morgan fingerprint density at radius 2 is 1.94 bits per heavy atom. The zero-order valence-corrected chi connectivity index (χ0v) is 21.2. The summed E-state index contributed by atoms with van der Waals surface area (Å²) in [5, 5.41) is 21.7. The fourth-order valence-corrected chi connectivity index (χ4v) is 4.80. The van der Waals surface area contributed by atoms with Crippen LogP contribution in [0.4, 0.5) is 0 Å². The molecule has 182 valence electrons. The molecule has 2 N–H and O–H groups in total. The van der Waals surface area contributed by atoms with E-state index in [-0.39, 0.29) is 29.4 Å². The summed E-state index contributed by atoms with van der Waals surface area (Å²) in [7, 11) is 1.42. The van der Waals surface area contributed by atoms with Gasteiger partial charge in [0, 0.05) is 31.0 Å². The Kier molecular flexibility index (Phi) is 6.98. The second kappa shape index (κ2) is 9.95. The normalized spacial score (nSPS) is 17.3. The highest BCUT2D eigenvalue weighted by Gasteiger charge is 2.46. The van der Waals surface area contributed by atoms with Gasteiger partial charge in [-0.2, -0.15) is 0 Å². The molecule has 0 radical (unpaired) electrons. The quantitative estimate of drug-likeness (QED) is 0.260. The highest BCUT2D eigenvalue weighted by atomic mass is 79.9. The molecule has 4 rings (SSSR count). The lowest BCUT2D eigenvalue weighted by Crippen LogP contribution is -2.31. The lowest BCUT2D eigenvalue weighted by molar-refractivity contribution is -0.139. The predicted octanol–water partition coefficient (Wildman–Crippen LogP) is 4.49. The average Bonchev–Trinajstić information content (AvgIpc) is 3.44. The number of ketones is 1. The van der Waals surface area contributed by atoms with E-state index in [4.69, 9.17) is 4.74 Å². The molecule has 0 spiro atoms. The van der Waals surface area contributed by atoms with Gasteiger partial charge in [0.1, 0.15) is 5.76 Å². The molecule has 1 amide bonds. The van der Waals surface area contributed by atoms with Gasteiger partial charge in [0.2, 0.25) is 0 Å². The van der Waals surface area contributed by atoms with Gasteiger partial charge in [-0.15, -0.1) is 0 Å². The topological polar surface area (TPSA) is 105 Å². The summed E-state index contributed by atoms with van der Waals surface area (Å²) in [4.78, 5) is 32.0. The fourth-order valence-electron chi connectivity index (χ4n) is 4.34. The van der Waals surface area contributed by atoms with E-state index in [2.05, 4.69) is 20.9 Å². The lowest BCUT2D eigenvalue weighted by Gasteiger charge is -2.26. The van der Waals surface area contributed by atoms with Crippen LogP contribution in [0.25, 0.3) is 5.76 Å². The van der Waals surface area contributed by atoms with Crippen LogP contribution in [0.1, 0.15) is 34.7 Å². The van der Waals surface area contributed by atoms with Crippen LogP contribution < -0.4 is 4.74 Å². The molecule has 0 aliphatic carbocycles. The summed E-state index contributed by atoms with van der Waals surface area (Å²) >= 11 is 3.33. The van der Waals surface area contributed by atoms with Crippen molar-refractivity contribution < 1.29 is 24.5 Å². The number of aryl methyl sites for hydroxylation is 3. The number of benzene rings is 2. The van der Waals surface area contributed by atoms with E-state index >= 15 is 0 Å². The number of likely N-dealkylation sites (tertiary alicyclic amines) is 1. The second-order valence-electron chi connectivity index (χ2n) is 8.52. The number of aliphatic hydroxyl groups is 1. The zero-order valence-electron chi connectivity index (χ0n) is 19.7. The number of amides is 1. The first-order valence-electron chi connectivity index (χ1n) is 11.1. The van der Waals surface area contributed by atoms with Crippen LogP contribution in [0.2, 0.25) is 0 Å². The molecule has 35 heavy (non-hydrogen) atoms. The van der Waals surface area contributed by atoms with Crippen molar-refractivity contribution in [3.8, 4) is 11.5 Å². The Labute approximate surface area is 211 Å². The number of halogens is 1. The Morgan fingerprint density at radius 1 is 1.17 bits per heavy atom. The molecule has 0 bridgehead atoms. The SMILES string of the molecule is COc1cc(C2C(=C(O)c3cc(C)ccc3C)C(=O)C(=O)N2CCCn2ccnc2)cc(Br)c1O. The number of carbonyl (C=O) groups excluding carboxylic acids is 2. The number of rotatable bonds is 7. The number of carbonyl (C=O) groups is 2. The van der Waals surface area contributed by atoms with Crippen LogP contribution in [0.5, 0.6) is 11.5 Å². The minimum atomic E-state index is -0.858. The largest absolute Gasteiger partial charge is 0.507 e. The van der Waals surface area contributed by atoms with Crippen LogP contribution in [0.3, 0.4) is 0 Å². The third-order valence-electron chi connectivity index (χ3n) is 6.15. The molecule has 2 aromatic carbocycles. The standard InChI is InChI=1S/C26H26BrN3O5/c1-15-5-6-16(2)18(11-15)23(31)21-22(17-12-19(27)24(32)20(13-17)35-3)30(26(34)25(21)33)9-4-8-29-10-7-28-14-29/h5-7,10-14,22,31-32H,4,8-9H2,1-3H3. The summed E-state index contributed by atoms with van der Waals surface area (Å²) in [6.07, 6.45) is 5.76. The van der Waals surface area contributed by atoms with Crippen LogP contribution in [-0.2, 0) is 16.1 Å². The van der Waals surface area contributed by atoms with Crippen molar-refractivity contribution in [2.75, 3.05) is 13.7 Å². The van der Waals surface area contributed by atoms with Crippen LogP contribution in [-0.4, -0.2) is 50.0 Å². The van der Waals surface area contributed by atoms with Gasteiger partial charge < -0.3 is 24.4 Å². The van der Waals surface area contributed by atoms with Gasteiger partial charge in [0.25, 0.3) is 11.7 Å². The molecule has 1 aromatic heterocycles. The van der Waals surface area contributed by atoms with Crippen molar-refractivity contribution in [1.82, 2.24) is 14.5 Å². The van der Waals surface area contributed by atoms with E-state index in [1.807, 2.05) is 36.7 Å². The number of aliphatic hydroxyl groups excluding tert-OH is 1. The van der Waals surface area contributed by atoms with Gasteiger partial charge in [-0.05, 0) is 65.5 Å². The molecule has 1 unspecified atom stereocenters. The Balaban J connectivity index is 1.84. The third-order valence-corrected chi connectivity index (χ3v) is 6.75. The molecule has 8 nitrogen and oxygen atoms in total. The molecule has 1 saturated heterocycles. The van der Waals surface area contributed by atoms with E-state index in [0.29, 0.717) is 28.6 Å². The van der Waals surface area contributed by atoms with Crippen LogP contribution >= 0.6 is 15.9 Å². The summed E-state index contributed by atoms with van der Waals surface area (Å²) in [6.45, 7) is 4.61. The number of aromatic nitrogens is 2. The van der Waals surface area contributed by atoms with Crippen molar-refractivity contribution in [3.05, 3.63) is 81.4 Å². The average molecular weight is 540 g/mol. The predicted molar refractivity (Wildman–Crippen MR) is 134 cm³/mol. The van der Waals surface area contributed by atoms with E-state index in [1.165, 1.54) is 12.0 Å². The number of hydrogen-bond donors (Lipinski definition) is 2. The molecule has 1 aliphatic rings. The maximum Gasteiger partial charge on any atom is 0.295 e. The summed E-state index contributed by atoms with van der Waals surface area (Å²) < 4.78 is 7.54. The summed E-state index contributed by atoms with van der Waals surface area (Å²) in [5.41, 5.74) is 2.72. The molecule has 3 aromatic rings. The van der Waals surface area contributed by atoms with Crippen molar-refractivity contribution in [1.29, 1.82) is 0 Å². The van der Waals surface area contributed by atoms with Gasteiger partial charge >= 0.3 is 0 Å². The molecular formula is C26H26BrN3O5. The summed E-state index contributed by atoms with van der Waals surface area (Å²) in [5.74, 6) is -1.57. The van der Waals surface area contributed by atoms with Crippen molar-refractivity contribution in [2.45, 2.75) is 32.9 Å². The third kappa shape index (κ3) is 4.68. The van der Waals surface area contributed by atoms with E-state index < -0.39 is 17.7 Å². The number of methoxy groups -OCH3 is 1. The number of phenolic OH excluding ortho intramolecular Hbond substituents is 1. The minimum Gasteiger partial charge on any atom is -0.507 e. The number of hydrogen-bond acceptors (Lipinski definition) is 6. The van der Waals surface area contributed by atoms with Gasteiger partial charge in [0.05, 0.1) is 29.5 Å². The monoisotopic (exact) mass is 539 g/mol. The first kappa shape index (κ1) is 24.5. The molecule has 1 aliphatic heterocycles. The van der Waals surface area contributed by atoms with Gasteiger partial charge in [-0.3, -0.25) is 9.59 Å². The lowest BCUT2D eigenvalue weighted by atomic mass is 9.93. The maximum absolute atomic E-state index is 13.3. The first-order chi connectivity index (χ1) is 16.7. The number of ether oxygens (including phenoxy) is 1.